The molecule has 0 aliphatic carbocycles. The van der Waals surface area contributed by atoms with Gasteiger partial charge >= 0.3 is 5.97 Å². The smallest absolute Gasteiger partial charge is 0.313 e. The third-order valence-corrected chi connectivity index (χ3v) is 5.78. The molecule has 0 amide bonds. The number of cyclic esters (lactones) is 1. The lowest BCUT2D eigenvalue weighted by atomic mass is 9.75. The van der Waals surface area contributed by atoms with E-state index in [1.165, 1.54) is 0 Å². The van der Waals surface area contributed by atoms with Gasteiger partial charge in [0.15, 0.2) is 6.10 Å². The molecule has 3 atom stereocenters. The molecule has 3 rings (SSSR count). The fraction of sp³-hybridized carbons (Fsp3) is 0.409. The number of hydrogen-bond acceptors (Lipinski definition) is 3. The van der Waals surface area contributed by atoms with Crippen molar-refractivity contribution in [2.75, 3.05) is 0 Å². The van der Waals surface area contributed by atoms with Gasteiger partial charge in [0.2, 0.25) is 0 Å². The second kappa shape index (κ2) is 8.64. The van der Waals surface area contributed by atoms with Gasteiger partial charge in [0, 0.05) is 10.0 Å². The predicted octanol–water partition coefficient (Wildman–Crippen LogP) is 6.07. The van der Waals surface area contributed by atoms with Gasteiger partial charge in [-0.15, -0.1) is 0 Å². The topological polar surface area (TPSA) is 46.5 Å². The first-order chi connectivity index (χ1) is 13.0. The molecule has 1 saturated heterocycles. The maximum absolute atomic E-state index is 12.7. The Hall–Kier alpha value is -1.55. The monoisotopic (exact) mass is 406 g/mol. The van der Waals surface area contributed by atoms with Gasteiger partial charge in [-0.3, -0.25) is 4.79 Å². The Morgan fingerprint density at radius 2 is 1.56 bits per heavy atom. The number of rotatable bonds is 7. The lowest BCUT2D eigenvalue weighted by molar-refractivity contribution is -0.144. The van der Waals surface area contributed by atoms with E-state index < -0.39 is 17.6 Å². The number of halogens is 2. The van der Waals surface area contributed by atoms with Crippen LogP contribution >= 0.6 is 23.2 Å². The van der Waals surface area contributed by atoms with Gasteiger partial charge in [0.25, 0.3) is 0 Å². The first-order valence-electron chi connectivity index (χ1n) is 9.41. The van der Waals surface area contributed by atoms with Crippen molar-refractivity contribution >= 4 is 29.2 Å². The minimum Gasteiger partial charge on any atom is -0.454 e. The van der Waals surface area contributed by atoms with Crippen molar-refractivity contribution in [3.05, 3.63) is 69.7 Å². The number of benzene rings is 2. The SMILES string of the molecule is CCCCCC[C@@H]1C(=O)O[C@H](c2ccc(Cl)cc2)[C@@]1(O)c1ccc(Cl)cc1. The van der Waals surface area contributed by atoms with E-state index in [0.29, 0.717) is 22.0 Å². The zero-order valence-electron chi connectivity index (χ0n) is 15.3. The molecule has 0 spiro atoms. The van der Waals surface area contributed by atoms with Crippen molar-refractivity contribution in [2.24, 2.45) is 5.92 Å². The molecule has 2 aromatic carbocycles. The second-order valence-corrected chi connectivity index (χ2v) is 7.98. The van der Waals surface area contributed by atoms with Crippen LogP contribution in [-0.4, -0.2) is 11.1 Å². The maximum atomic E-state index is 12.7. The molecule has 144 valence electrons. The van der Waals surface area contributed by atoms with Crippen LogP contribution in [0.15, 0.2) is 48.5 Å². The normalized spacial score (nSPS) is 24.8. The number of unbranched alkanes of at least 4 members (excludes halogenated alkanes) is 3. The van der Waals surface area contributed by atoms with Gasteiger partial charge in [-0.05, 0) is 41.8 Å². The molecule has 27 heavy (non-hydrogen) atoms. The molecule has 5 heteroatoms. The fourth-order valence-electron chi connectivity index (χ4n) is 3.79. The average molecular weight is 407 g/mol. The molecular weight excluding hydrogens is 383 g/mol. The van der Waals surface area contributed by atoms with Crippen LogP contribution < -0.4 is 0 Å². The molecule has 3 nitrogen and oxygen atoms in total. The summed E-state index contributed by atoms with van der Waals surface area (Å²) in [5.74, 6) is -0.972. The number of esters is 1. The predicted molar refractivity (Wildman–Crippen MR) is 108 cm³/mol. The van der Waals surface area contributed by atoms with E-state index in [-0.39, 0.29) is 5.97 Å². The van der Waals surface area contributed by atoms with E-state index in [0.717, 1.165) is 31.2 Å². The van der Waals surface area contributed by atoms with Crippen LogP contribution in [0.5, 0.6) is 0 Å². The van der Waals surface area contributed by atoms with Gasteiger partial charge in [-0.25, -0.2) is 0 Å². The van der Waals surface area contributed by atoms with Crippen molar-refractivity contribution in [1.82, 2.24) is 0 Å². The molecule has 1 aliphatic rings. The summed E-state index contributed by atoms with van der Waals surface area (Å²) in [6.45, 7) is 2.14. The van der Waals surface area contributed by atoms with Gasteiger partial charge in [-0.1, -0.05) is 80.1 Å². The summed E-state index contributed by atoms with van der Waals surface area (Å²) >= 11 is 12.0. The molecular formula is C22H24Cl2O3. The molecule has 1 aliphatic heterocycles. The number of hydrogen-bond donors (Lipinski definition) is 1. The standard InChI is InChI=1S/C22H24Cl2O3/c1-2-3-4-5-6-19-21(25)27-20(15-7-11-17(23)12-8-15)22(19,26)16-9-13-18(24)14-10-16/h7-14,19-20,26H,2-6H2,1H3/t19-,20-,22-/m1/s1. The highest BCUT2D eigenvalue weighted by Gasteiger charge is 2.57. The fourth-order valence-corrected chi connectivity index (χ4v) is 4.04. The first kappa shape index (κ1) is 20.2. The van der Waals surface area contributed by atoms with Gasteiger partial charge in [-0.2, -0.15) is 0 Å². The minimum absolute atomic E-state index is 0.358. The average Bonchev–Trinajstić information content (AvgIpc) is 2.92. The Labute approximate surface area is 170 Å². The Balaban J connectivity index is 1.98. The first-order valence-corrected chi connectivity index (χ1v) is 10.2. The molecule has 0 unspecified atom stereocenters. The molecule has 0 saturated carbocycles. The van der Waals surface area contributed by atoms with Crippen LogP contribution in [-0.2, 0) is 15.1 Å². The zero-order valence-corrected chi connectivity index (χ0v) is 16.8. The highest BCUT2D eigenvalue weighted by atomic mass is 35.5. The van der Waals surface area contributed by atoms with E-state index in [9.17, 15) is 9.90 Å². The van der Waals surface area contributed by atoms with Crippen molar-refractivity contribution in [1.29, 1.82) is 0 Å². The summed E-state index contributed by atoms with van der Waals surface area (Å²) in [5, 5.41) is 13.0. The number of carbonyl (C=O) groups excluding carboxylic acids is 1. The van der Waals surface area contributed by atoms with Crippen LogP contribution in [0, 0.1) is 5.92 Å². The molecule has 1 N–H and O–H groups in total. The van der Waals surface area contributed by atoms with Crippen LogP contribution in [0.3, 0.4) is 0 Å². The van der Waals surface area contributed by atoms with E-state index >= 15 is 0 Å². The van der Waals surface area contributed by atoms with Crippen LogP contribution in [0.4, 0.5) is 0 Å². The maximum Gasteiger partial charge on any atom is 0.313 e. The molecule has 0 aromatic heterocycles. The molecule has 2 aromatic rings. The van der Waals surface area contributed by atoms with Crippen LogP contribution in [0.2, 0.25) is 10.0 Å². The number of ether oxygens (including phenoxy) is 1. The lowest BCUT2D eigenvalue weighted by Crippen LogP contribution is -2.37. The van der Waals surface area contributed by atoms with Crippen LogP contribution in [0.25, 0.3) is 0 Å². The lowest BCUT2D eigenvalue weighted by Gasteiger charge is -2.32. The molecule has 1 heterocycles. The zero-order chi connectivity index (χ0) is 19.4. The quantitative estimate of drug-likeness (QED) is 0.448. The largest absolute Gasteiger partial charge is 0.454 e. The van der Waals surface area contributed by atoms with Crippen molar-refractivity contribution in [3.63, 3.8) is 0 Å². The van der Waals surface area contributed by atoms with E-state index in [1.54, 1.807) is 48.5 Å². The molecule has 0 bridgehead atoms. The third kappa shape index (κ3) is 4.16. The van der Waals surface area contributed by atoms with Gasteiger partial charge < -0.3 is 9.84 Å². The highest BCUT2D eigenvalue weighted by molar-refractivity contribution is 6.30. The van der Waals surface area contributed by atoms with Gasteiger partial charge in [0.05, 0.1) is 5.92 Å². The Morgan fingerprint density at radius 3 is 2.15 bits per heavy atom. The third-order valence-electron chi connectivity index (χ3n) is 5.28. The summed E-state index contributed by atoms with van der Waals surface area (Å²) in [4.78, 5) is 12.7. The summed E-state index contributed by atoms with van der Waals surface area (Å²) < 4.78 is 5.69. The minimum atomic E-state index is -1.44. The van der Waals surface area contributed by atoms with Crippen molar-refractivity contribution in [3.8, 4) is 0 Å². The Kier molecular flexibility index (Phi) is 6.46. The summed E-state index contributed by atoms with van der Waals surface area (Å²) in [5.41, 5.74) is -0.0821. The Bertz CT molecular complexity index is 773. The van der Waals surface area contributed by atoms with E-state index in [2.05, 4.69) is 6.92 Å². The number of aliphatic hydroxyl groups is 1. The highest BCUT2D eigenvalue weighted by Crippen LogP contribution is 2.51. The van der Waals surface area contributed by atoms with Crippen LogP contribution in [0.1, 0.15) is 56.3 Å². The van der Waals surface area contributed by atoms with E-state index in [4.69, 9.17) is 27.9 Å². The molecule has 1 fully saturated rings. The Morgan fingerprint density at radius 1 is 0.963 bits per heavy atom. The van der Waals surface area contributed by atoms with Crippen molar-refractivity contribution in [2.45, 2.75) is 50.7 Å². The van der Waals surface area contributed by atoms with E-state index in [1.807, 2.05) is 0 Å². The van der Waals surface area contributed by atoms with Crippen molar-refractivity contribution < 1.29 is 14.6 Å². The summed E-state index contributed by atoms with van der Waals surface area (Å²) in [6, 6.07) is 14.1. The summed E-state index contributed by atoms with van der Waals surface area (Å²) in [6.07, 6.45) is 3.94. The summed E-state index contributed by atoms with van der Waals surface area (Å²) in [7, 11) is 0. The second-order valence-electron chi connectivity index (χ2n) is 7.10. The van der Waals surface area contributed by atoms with Gasteiger partial charge in [0.1, 0.15) is 5.60 Å². The number of carbonyl (C=O) groups is 1. The molecule has 0 radical (unpaired) electrons.